The average Bonchev–Trinajstić information content (AvgIpc) is 2.73. The SMILES string of the molecule is NCCc1c(C2CCC2)cnn1-c1ccccc1. The second-order valence-electron chi connectivity index (χ2n) is 4.96. The van der Waals surface area contributed by atoms with Crippen molar-refractivity contribution in [3.8, 4) is 5.69 Å². The fraction of sp³-hybridized carbons (Fsp3) is 0.400. The first-order valence-electron chi connectivity index (χ1n) is 6.72. The van der Waals surface area contributed by atoms with Gasteiger partial charge in [0, 0.05) is 12.1 Å². The lowest BCUT2D eigenvalue weighted by Crippen LogP contribution is -2.15. The molecule has 3 nitrogen and oxygen atoms in total. The van der Waals surface area contributed by atoms with Gasteiger partial charge in [-0.15, -0.1) is 0 Å². The van der Waals surface area contributed by atoms with E-state index in [2.05, 4.69) is 21.9 Å². The van der Waals surface area contributed by atoms with Crippen molar-refractivity contribution in [1.82, 2.24) is 9.78 Å². The second-order valence-corrected chi connectivity index (χ2v) is 4.96. The van der Waals surface area contributed by atoms with E-state index in [0.717, 1.165) is 12.1 Å². The molecule has 0 spiro atoms. The molecule has 1 aromatic carbocycles. The van der Waals surface area contributed by atoms with Crippen LogP contribution in [0.15, 0.2) is 36.5 Å². The highest BCUT2D eigenvalue weighted by Gasteiger charge is 2.25. The standard InChI is InChI=1S/C15H19N3/c16-10-9-15-14(12-5-4-6-12)11-17-18(15)13-7-2-1-3-8-13/h1-3,7-8,11-12H,4-6,9-10,16H2. The molecule has 3 rings (SSSR count). The van der Waals surface area contributed by atoms with Crippen LogP contribution in [-0.4, -0.2) is 16.3 Å². The quantitative estimate of drug-likeness (QED) is 0.894. The van der Waals surface area contributed by atoms with Crippen LogP contribution in [0.2, 0.25) is 0 Å². The summed E-state index contributed by atoms with van der Waals surface area (Å²) in [7, 11) is 0. The fourth-order valence-electron chi connectivity index (χ4n) is 2.63. The van der Waals surface area contributed by atoms with Gasteiger partial charge in [-0.3, -0.25) is 0 Å². The summed E-state index contributed by atoms with van der Waals surface area (Å²) in [6.07, 6.45) is 6.90. The summed E-state index contributed by atoms with van der Waals surface area (Å²) in [5, 5.41) is 4.57. The Hall–Kier alpha value is -1.61. The largest absolute Gasteiger partial charge is 0.330 e. The molecule has 0 unspecified atom stereocenters. The van der Waals surface area contributed by atoms with E-state index in [-0.39, 0.29) is 0 Å². The van der Waals surface area contributed by atoms with Gasteiger partial charge in [0.05, 0.1) is 11.9 Å². The van der Waals surface area contributed by atoms with Crippen molar-refractivity contribution < 1.29 is 0 Å². The molecule has 1 fully saturated rings. The summed E-state index contributed by atoms with van der Waals surface area (Å²) in [6.45, 7) is 0.679. The number of nitrogens with two attached hydrogens (primary N) is 1. The highest BCUT2D eigenvalue weighted by Crippen LogP contribution is 2.38. The molecule has 0 saturated heterocycles. The van der Waals surface area contributed by atoms with Gasteiger partial charge < -0.3 is 5.73 Å². The molecule has 94 valence electrons. The zero-order valence-electron chi connectivity index (χ0n) is 10.5. The Morgan fingerprint density at radius 2 is 2.00 bits per heavy atom. The smallest absolute Gasteiger partial charge is 0.0648 e. The number of aromatic nitrogens is 2. The summed E-state index contributed by atoms with van der Waals surface area (Å²) in [5.41, 5.74) is 9.60. The Kier molecular flexibility index (Phi) is 3.15. The summed E-state index contributed by atoms with van der Waals surface area (Å²) >= 11 is 0. The van der Waals surface area contributed by atoms with E-state index in [1.165, 1.54) is 30.5 Å². The molecule has 1 saturated carbocycles. The van der Waals surface area contributed by atoms with E-state index < -0.39 is 0 Å². The summed E-state index contributed by atoms with van der Waals surface area (Å²) in [5.74, 6) is 0.712. The molecular weight excluding hydrogens is 222 g/mol. The van der Waals surface area contributed by atoms with Gasteiger partial charge >= 0.3 is 0 Å². The predicted octanol–water partition coefficient (Wildman–Crippen LogP) is 2.64. The van der Waals surface area contributed by atoms with Crippen LogP contribution in [-0.2, 0) is 6.42 Å². The minimum Gasteiger partial charge on any atom is -0.330 e. The Labute approximate surface area is 108 Å². The van der Waals surface area contributed by atoms with E-state index in [1.807, 2.05) is 24.4 Å². The van der Waals surface area contributed by atoms with Crippen molar-refractivity contribution in [2.24, 2.45) is 5.73 Å². The number of benzene rings is 1. The van der Waals surface area contributed by atoms with Crippen molar-refractivity contribution in [2.75, 3.05) is 6.54 Å². The molecule has 0 amide bonds. The molecule has 0 radical (unpaired) electrons. The first kappa shape index (κ1) is 11.5. The van der Waals surface area contributed by atoms with E-state index in [4.69, 9.17) is 5.73 Å². The van der Waals surface area contributed by atoms with Crippen LogP contribution in [0.25, 0.3) is 5.69 Å². The van der Waals surface area contributed by atoms with Crippen molar-refractivity contribution in [3.63, 3.8) is 0 Å². The Bertz CT molecular complexity index is 512. The highest BCUT2D eigenvalue weighted by molar-refractivity contribution is 5.36. The van der Waals surface area contributed by atoms with Crippen LogP contribution < -0.4 is 5.73 Å². The van der Waals surface area contributed by atoms with Gasteiger partial charge in [-0.25, -0.2) is 4.68 Å². The van der Waals surface area contributed by atoms with Crippen molar-refractivity contribution >= 4 is 0 Å². The molecule has 1 heterocycles. The van der Waals surface area contributed by atoms with Gasteiger partial charge in [0.2, 0.25) is 0 Å². The molecule has 3 heteroatoms. The molecule has 2 N–H and O–H groups in total. The maximum absolute atomic E-state index is 5.75. The van der Waals surface area contributed by atoms with Crippen molar-refractivity contribution in [3.05, 3.63) is 47.8 Å². The number of rotatable bonds is 4. The van der Waals surface area contributed by atoms with Crippen LogP contribution in [0, 0.1) is 0 Å². The molecule has 1 aliphatic rings. The normalized spacial score (nSPS) is 15.6. The Morgan fingerprint density at radius 3 is 2.61 bits per heavy atom. The third kappa shape index (κ3) is 1.95. The Morgan fingerprint density at radius 1 is 1.22 bits per heavy atom. The lowest BCUT2D eigenvalue weighted by molar-refractivity contribution is 0.417. The van der Waals surface area contributed by atoms with Crippen LogP contribution in [0.1, 0.15) is 36.4 Å². The van der Waals surface area contributed by atoms with Gasteiger partial charge in [0.25, 0.3) is 0 Å². The first-order valence-corrected chi connectivity index (χ1v) is 6.72. The fourth-order valence-corrected chi connectivity index (χ4v) is 2.63. The summed E-state index contributed by atoms with van der Waals surface area (Å²) in [6, 6.07) is 10.3. The predicted molar refractivity (Wildman–Crippen MR) is 72.9 cm³/mol. The second kappa shape index (κ2) is 4.94. The highest BCUT2D eigenvalue weighted by atomic mass is 15.3. The van der Waals surface area contributed by atoms with Gasteiger partial charge in [-0.05, 0) is 43.0 Å². The van der Waals surface area contributed by atoms with Gasteiger partial charge in [-0.1, -0.05) is 24.6 Å². The van der Waals surface area contributed by atoms with Crippen molar-refractivity contribution in [1.29, 1.82) is 0 Å². The number of hydrogen-bond acceptors (Lipinski definition) is 2. The van der Waals surface area contributed by atoms with Crippen LogP contribution >= 0.6 is 0 Å². The molecule has 0 atom stereocenters. The lowest BCUT2D eigenvalue weighted by Gasteiger charge is -2.25. The lowest BCUT2D eigenvalue weighted by atomic mass is 9.80. The summed E-state index contributed by atoms with van der Waals surface area (Å²) < 4.78 is 2.06. The maximum Gasteiger partial charge on any atom is 0.0648 e. The van der Waals surface area contributed by atoms with Gasteiger partial charge in [0.15, 0.2) is 0 Å². The third-order valence-electron chi connectivity index (χ3n) is 3.83. The number of nitrogens with zero attached hydrogens (tertiary/aromatic N) is 2. The molecule has 2 aromatic rings. The van der Waals surface area contributed by atoms with Gasteiger partial charge in [0.1, 0.15) is 0 Å². The van der Waals surface area contributed by atoms with Crippen LogP contribution in [0.3, 0.4) is 0 Å². The van der Waals surface area contributed by atoms with Crippen LogP contribution in [0.4, 0.5) is 0 Å². The average molecular weight is 241 g/mol. The Balaban J connectivity index is 2.01. The molecule has 0 aliphatic heterocycles. The van der Waals surface area contributed by atoms with E-state index in [0.29, 0.717) is 12.5 Å². The number of para-hydroxylation sites is 1. The number of hydrogen-bond donors (Lipinski definition) is 1. The molecule has 0 bridgehead atoms. The summed E-state index contributed by atoms with van der Waals surface area (Å²) in [4.78, 5) is 0. The molecule has 1 aliphatic carbocycles. The maximum atomic E-state index is 5.75. The molecular formula is C15H19N3. The van der Waals surface area contributed by atoms with Crippen molar-refractivity contribution in [2.45, 2.75) is 31.6 Å². The van der Waals surface area contributed by atoms with Gasteiger partial charge in [-0.2, -0.15) is 5.10 Å². The zero-order chi connectivity index (χ0) is 12.4. The topological polar surface area (TPSA) is 43.8 Å². The minimum atomic E-state index is 0.679. The third-order valence-corrected chi connectivity index (χ3v) is 3.83. The monoisotopic (exact) mass is 241 g/mol. The zero-order valence-corrected chi connectivity index (χ0v) is 10.5. The molecule has 1 aromatic heterocycles. The van der Waals surface area contributed by atoms with E-state index >= 15 is 0 Å². The molecule has 18 heavy (non-hydrogen) atoms. The van der Waals surface area contributed by atoms with E-state index in [1.54, 1.807) is 0 Å². The van der Waals surface area contributed by atoms with E-state index in [9.17, 15) is 0 Å². The first-order chi connectivity index (χ1) is 8.90. The van der Waals surface area contributed by atoms with Crippen LogP contribution in [0.5, 0.6) is 0 Å². The minimum absolute atomic E-state index is 0.679.